The van der Waals surface area contributed by atoms with Crippen LogP contribution in [0.3, 0.4) is 0 Å². The van der Waals surface area contributed by atoms with Gasteiger partial charge in [-0.15, -0.1) is 0 Å². The molecule has 3 atom stereocenters. The minimum atomic E-state index is 0.297. The van der Waals surface area contributed by atoms with Gasteiger partial charge in [0, 0.05) is 17.8 Å². The van der Waals surface area contributed by atoms with E-state index in [0.717, 1.165) is 18.0 Å². The fourth-order valence-electron chi connectivity index (χ4n) is 2.24. The summed E-state index contributed by atoms with van der Waals surface area (Å²) in [6.45, 7) is 5.30. The van der Waals surface area contributed by atoms with Gasteiger partial charge in [-0.05, 0) is 30.9 Å². The highest BCUT2D eigenvalue weighted by molar-refractivity contribution is 6.30. The second kappa shape index (κ2) is 4.60. The van der Waals surface area contributed by atoms with E-state index in [9.17, 15) is 0 Å². The average Bonchev–Trinajstić information content (AvgIpc) is 2.96. The van der Waals surface area contributed by atoms with Crippen LogP contribution in [0, 0.1) is 11.8 Å². The highest BCUT2D eigenvalue weighted by atomic mass is 35.5. The van der Waals surface area contributed by atoms with Crippen molar-refractivity contribution in [2.45, 2.75) is 26.3 Å². The van der Waals surface area contributed by atoms with Crippen LogP contribution < -0.4 is 11.1 Å². The molecule has 16 heavy (non-hydrogen) atoms. The predicted molar refractivity (Wildman–Crippen MR) is 67.3 cm³/mol. The number of nitrogens with one attached hydrogen (secondary N) is 1. The molecule has 1 aromatic heterocycles. The van der Waals surface area contributed by atoms with Crippen LogP contribution in [0.1, 0.15) is 31.9 Å². The molecule has 3 nitrogen and oxygen atoms in total. The molecule has 3 N–H and O–H groups in total. The first-order valence-electron chi connectivity index (χ1n) is 5.77. The summed E-state index contributed by atoms with van der Waals surface area (Å²) in [5, 5.41) is 4.13. The summed E-state index contributed by atoms with van der Waals surface area (Å²) in [4.78, 5) is 4.12. The highest BCUT2D eigenvalue weighted by Crippen LogP contribution is 2.47. The Morgan fingerprint density at radius 3 is 2.94 bits per heavy atom. The van der Waals surface area contributed by atoms with Crippen molar-refractivity contribution in [1.82, 2.24) is 10.3 Å². The quantitative estimate of drug-likeness (QED) is 0.849. The lowest BCUT2D eigenvalue weighted by molar-refractivity contribution is 0.476. The summed E-state index contributed by atoms with van der Waals surface area (Å²) in [5.41, 5.74) is 6.97. The average molecular weight is 240 g/mol. The van der Waals surface area contributed by atoms with Gasteiger partial charge in [0.05, 0.1) is 5.02 Å². The lowest BCUT2D eigenvalue weighted by atomic mass is 10.0. The van der Waals surface area contributed by atoms with Gasteiger partial charge in [0.15, 0.2) is 0 Å². The number of anilines is 1. The minimum Gasteiger partial charge on any atom is -0.383 e. The van der Waals surface area contributed by atoms with E-state index in [-0.39, 0.29) is 0 Å². The third-order valence-corrected chi connectivity index (χ3v) is 3.48. The Kier molecular flexibility index (Phi) is 3.36. The van der Waals surface area contributed by atoms with Crippen LogP contribution in [0.4, 0.5) is 5.82 Å². The Hall–Kier alpha value is -0.800. The van der Waals surface area contributed by atoms with E-state index >= 15 is 0 Å². The van der Waals surface area contributed by atoms with Crippen molar-refractivity contribution in [3.05, 3.63) is 22.8 Å². The first-order valence-corrected chi connectivity index (χ1v) is 6.15. The summed E-state index contributed by atoms with van der Waals surface area (Å²) in [5.74, 6) is 2.03. The maximum absolute atomic E-state index is 5.98. The number of rotatable bonds is 4. The first-order chi connectivity index (χ1) is 7.63. The Labute approximate surface area is 101 Å². The van der Waals surface area contributed by atoms with E-state index in [1.165, 1.54) is 6.42 Å². The molecule has 3 unspecified atom stereocenters. The molecular formula is C12H18ClN3. The van der Waals surface area contributed by atoms with Crippen molar-refractivity contribution >= 4 is 17.4 Å². The number of pyridine rings is 1. The molecule has 0 radical (unpaired) electrons. The number of hydrogen-bond donors (Lipinski definition) is 2. The van der Waals surface area contributed by atoms with Gasteiger partial charge in [0.25, 0.3) is 0 Å². The van der Waals surface area contributed by atoms with Crippen molar-refractivity contribution in [2.75, 3.05) is 12.3 Å². The zero-order chi connectivity index (χ0) is 11.7. The maximum atomic E-state index is 5.98. The lowest BCUT2D eigenvalue weighted by Crippen LogP contribution is -2.24. The highest BCUT2D eigenvalue weighted by Gasteiger charge is 2.40. The van der Waals surface area contributed by atoms with E-state index < -0.39 is 0 Å². The molecule has 1 aliphatic carbocycles. The largest absolute Gasteiger partial charge is 0.383 e. The number of halogens is 1. The van der Waals surface area contributed by atoms with Crippen molar-refractivity contribution < 1.29 is 0 Å². The fourth-order valence-corrected chi connectivity index (χ4v) is 2.41. The Morgan fingerprint density at radius 1 is 1.69 bits per heavy atom. The van der Waals surface area contributed by atoms with Gasteiger partial charge in [-0.25, -0.2) is 4.98 Å². The van der Waals surface area contributed by atoms with E-state index in [2.05, 4.69) is 24.1 Å². The molecule has 0 aliphatic heterocycles. The van der Waals surface area contributed by atoms with E-state index in [1.807, 2.05) is 6.07 Å². The topological polar surface area (TPSA) is 50.9 Å². The number of nitrogens with zero attached hydrogens (tertiary/aromatic N) is 1. The second-order valence-electron chi connectivity index (χ2n) is 4.54. The molecule has 1 aliphatic rings. The van der Waals surface area contributed by atoms with Crippen molar-refractivity contribution in [3.8, 4) is 0 Å². The van der Waals surface area contributed by atoms with E-state index in [4.69, 9.17) is 17.3 Å². The molecule has 0 bridgehead atoms. The number of nitrogen functional groups attached to an aromatic ring is 1. The molecule has 88 valence electrons. The molecule has 0 aromatic carbocycles. The third-order valence-electron chi connectivity index (χ3n) is 3.28. The van der Waals surface area contributed by atoms with Crippen LogP contribution in [-0.4, -0.2) is 11.5 Å². The molecule has 1 heterocycles. The zero-order valence-corrected chi connectivity index (χ0v) is 10.5. The van der Waals surface area contributed by atoms with Gasteiger partial charge in [-0.2, -0.15) is 0 Å². The molecule has 0 amide bonds. The van der Waals surface area contributed by atoms with E-state index in [1.54, 1.807) is 6.20 Å². The second-order valence-corrected chi connectivity index (χ2v) is 4.98. The van der Waals surface area contributed by atoms with Gasteiger partial charge in [0.1, 0.15) is 5.82 Å². The number of hydrogen-bond acceptors (Lipinski definition) is 3. The van der Waals surface area contributed by atoms with Crippen LogP contribution in [-0.2, 0) is 0 Å². The number of aromatic nitrogens is 1. The molecule has 2 rings (SSSR count). The number of nitrogens with two attached hydrogens (primary N) is 1. The summed E-state index contributed by atoms with van der Waals surface area (Å²) in [6.07, 6.45) is 2.85. The monoisotopic (exact) mass is 239 g/mol. The summed E-state index contributed by atoms with van der Waals surface area (Å²) in [7, 11) is 0. The summed E-state index contributed by atoms with van der Waals surface area (Å²) < 4.78 is 0. The van der Waals surface area contributed by atoms with Crippen LogP contribution in [0.25, 0.3) is 0 Å². The predicted octanol–water partition coefficient (Wildman–Crippen LogP) is 2.62. The van der Waals surface area contributed by atoms with Crippen LogP contribution in [0.5, 0.6) is 0 Å². The maximum Gasteiger partial charge on any atom is 0.128 e. The lowest BCUT2D eigenvalue weighted by Gasteiger charge is -2.19. The smallest absolute Gasteiger partial charge is 0.128 e. The minimum absolute atomic E-state index is 0.297. The Bertz CT molecular complexity index is 381. The molecule has 0 saturated heterocycles. The van der Waals surface area contributed by atoms with Gasteiger partial charge in [-0.3, -0.25) is 0 Å². The van der Waals surface area contributed by atoms with Gasteiger partial charge < -0.3 is 11.1 Å². The van der Waals surface area contributed by atoms with Crippen LogP contribution in [0.2, 0.25) is 5.02 Å². The molecule has 4 heteroatoms. The summed E-state index contributed by atoms with van der Waals surface area (Å²) in [6, 6.07) is 2.23. The molecule has 1 fully saturated rings. The SMILES string of the molecule is CCNC(c1cc(Cl)cnc1N)C1CC1C. The standard InChI is InChI=1S/C12H18ClN3/c1-3-15-11(9-4-7(9)2)10-5-8(13)6-16-12(10)14/h5-7,9,11,15H,3-4H2,1-2H3,(H2,14,16). The zero-order valence-electron chi connectivity index (χ0n) is 9.70. The Morgan fingerprint density at radius 2 is 2.38 bits per heavy atom. The van der Waals surface area contributed by atoms with Crippen molar-refractivity contribution in [2.24, 2.45) is 11.8 Å². The van der Waals surface area contributed by atoms with Gasteiger partial charge in [0.2, 0.25) is 0 Å². The van der Waals surface area contributed by atoms with Gasteiger partial charge >= 0.3 is 0 Å². The Balaban J connectivity index is 2.27. The van der Waals surface area contributed by atoms with E-state index in [0.29, 0.717) is 22.8 Å². The normalized spacial score (nSPS) is 25.4. The van der Waals surface area contributed by atoms with Gasteiger partial charge in [-0.1, -0.05) is 25.4 Å². The third kappa shape index (κ3) is 2.30. The molecular weight excluding hydrogens is 222 g/mol. The van der Waals surface area contributed by atoms with Crippen molar-refractivity contribution in [3.63, 3.8) is 0 Å². The van der Waals surface area contributed by atoms with Crippen LogP contribution in [0.15, 0.2) is 12.3 Å². The van der Waals surface area contributed by atoms with Crippen molar-refractivity contribution in [1.29, 1.82) is 0 Å². The molecule has 1 saturated carbocycles. The molecule has 0 spiro atoms. The van der Waals surface area contributed by atoms with Crippen LogP contribution >= 0.6 is 11.6 Å². The fraction of sp³-hybridized carbons (Fsp3) is 0.583. The first kappa shape index (κ1) is 11.7. The summed E-state index contributed by atoms with van der Waals surface area (Å²) >= 11 is 5.98. The molecule has 1 aromatic rings.